The SMILES string of the molecule is C=C(CCCC)N1CCN(C(=C)c2ccc3c(Cl)cc(-c4ccc(C)c(/N=C\C)c4)nc3c2)CC1. The van der Waals surface area contributed by atoms with Gasteiger partial charge < -0.3 is 9.80 Å². The number of hydrogen-bond donors (Lipinski definition) is 0. The lowest BCUT2D eigenvalue weighted by molar-refractivity contribution is 0.209. The molecule has 0 unspecified atom stereocenters. The Labute approximate surface area is 214 Å². The zero-order valence-corrected chi connectivity index (χ0v) is 21.9. The van der Waals surface area contributed by atoms with Crippen LogP contribution in [0.25, 0.3) is 27.9 Å². The first-order valence-electron chi connectivity index (χ1n) is 12.5. The summed E-state index contributed by atoms with van der Waals surface area (Å²) < 4.78 is 0. The summed E-state index contributed by atoms with van der Waals surface area (Å²) in [6.07, 6.45) is 5.31. The van der Waals surface area contributed by atoms with Crippen LogP contribution in [0.5, 0.6) is 0 Å². The number of aromatic nitrogens is 1. The predicted octanol–water partition coefficient (Wildman–Crippen LogP) is 7.88. The fraction of sp³-hybridized carbons (Fsp3) is 0.333. The molecule has 4 rings (SSSR count). The molecule has 182 valence electrons. The zero-order valence-electron chi connectivity index (χ0n) is 21.1. The highest BCUT2D eigenvalue weighted by Crippen LogP contribution is 2.33. The van der Waals surface area contributed by atoms with E-state index in [1.165, 1.54) is 18.5 Å². The largest absolute Gasteiger partial charge is 0.372 e. The lowest BCUT2D eigenvalue weighted by atomic mass is 10.0. The first-order chi connectivity index (χ1) is 16.9. The summed E-state index contributed by atoms with van der Waals surface area (Å²) in [5.41, 5.74) is 8.17. The summed E-state index contributed by atoms with van der Waals surface area (Å²) in [5, 5.41) is 1.64. The minimum absolute atomic E-state index is 0.697. The minimum Gasteiger partial charge on any atom is -0.372 e. The zero-order chi connectivity index (χ0) is 24.9. The summed E-state index contributed by atoms with van der Waals surface area (Å²) >= 11 is 6.69. The molecule has 0 amide bonds. The van der Waals surface area contributed by atoms with Gasteiger partial charge in [0.05, 0.1) is 21.9 Å². The Hall–Kier alpha value is -3.11. The van der Waals surface area contributed by atoms with Crippen LogP contribution in [0.3, 0.4) is 0 Å². The van der Waals surface area contributed by atoms with Crippen molar-refractivity contribution in [2.45, 2.75) is 40.0 Å². The number of halogens is 1. The van der Waals surface area contributed by atoms with Crippen LogP contribution in [0.2, 0.25) is 5.02 Å². The van der Waals surface area contributed by atoms with Crippen LogP contribution in [0.4, 0.5) is 5.69 Å². The van der Waals surface area contributed by atoms with Gasteiger partial charge in [0, 0.05) is 54.7 Å². The third-order valence-corrected chi connectivity index (χ3v) is 7.11. The van der Waals surface area contributed by atoms with Gasteiger partial charge in [-0.3, -0.25) is 4.99 Å². The third-order valence-electron chi connectivity index (χ3n) is 6.79. The van der Waals surface area contributed by atoms with Crippen LogP contribution in [-0.2, 0) is 0 Å². The molecule has 0 N–H and O–H groups in total. The van der Waals surface area contributed by atoms with Crippen LogP contribution in [0.15, 0.2) is 66.3 Å². The molecular formula is C30H35ClN4. The topological polar surface area (TPSA) is 31.7 Å². The van der Waals surface area contributed by atoms with Crippen molar-refractivity contribution in [1.29, 1.82) is 0 Å². The molecule has 1 saturated heterocycles. The fourth-order valence-electron chi connectivity index (χ4n) is 4.57. The molecule has 2 heterocycles. The van der Waals surface area contributed by atoms with Crippen LogP contribution in [0, 0.1) is 6.92 Å². The number of hydrogen-bond acceptors (Lipinski definition) is 4. The Kier molecular flexibility index (Phi) is 7.92. The molecule has 0 radical (unpaired) electrons. The van der Waals surface area contributed by atoms with E-state index in [0.717, 1.165) is 77.3 Å². The van der Waals surface area contributed by atoms with Gasteiger partial charge in [-0.05, 0) is 56.0 Å². The predicted molar refractivity (Wildman–Crippen MR) is 152 cm³/mol. The molecule has 4 nitrogen and oxygen atoms in total. The van der Waals surface area contributed by atoms with E-state index in [1.54, 1.807) is 0 Å². The molecule has 0 aliphatic carbocycles. The van der Waals surface area contributed by atoms with E-state index in [2.05, 4.69) is 78.2 Å². The molecule has 5 heteroatoms. The van der Waals surface area contributed by atoms with Gasteiger partial charge >= 0.3 is 0 Å². The first kappa shape index (κ1) is 25.0. The standard InChI is InChI=1S/C30H35ClN4/c1-6-8-9-22(4)34-14-16-35(17-15-34)23(5)24-12-13-26-27(31)20-29(33-30(26)18-24)25-11-10-21(3)28(19-25)32-7-2/h7,10-13,18-20H,4-6,8-9,14-17H2,1-3H3/b32-7-. The third kappa shape index (κ3) is 5.59. The lowest BCUT2D eigenvalue weighted by Gasteiger charge is -2.39. The van der Waals surface area contributed by atoms with Gasteiger partial charge in [0.2, 0.25) is 0 Å². The summed E-state index contributed by atoms with van der Waals surface area (Å²) in [4.78, 5) is 14.2. The normalized spacial score (nSPS) is 14.2. The second-order valence-corrected chi connectivity index (χ2v) is 9.61. The number of allylic oxidation sites excluding steroid dienone is 1. The van der Waals surface area contributed by atoms with Gasteiger partial charge in [-0.15, -0.1) is 0 Å². The van der Waals surface area contributed by atoms with Crippen molar-refractivity contribution in [1.82, 2.24) is 14.8 Å². The van der Waals surface area contributed by atoms with Crippen molar-refractivity contribution in [2.75, 3.05) is 26.2 Å². The Morgan fingerprint density at radius 3 is 2.51 bits per heavy atom. The second-order valence-electron chi connectivity index (χ2n) is 9.20. The van der Waals surface area contributed by atoms with E-state index in [4.69, 9.17) is 16.6 Å². The number of fused-ring (bicyclic) bond motifs is 1. The number of benzene rings is 2. The van der Waals surface area contributed by atoms with E-state index < -0.39 is 0 Å². The Morgan fingerprint density at radius 1 is 1.06 bits per heavy atom. The van der Waals surface area contributed by atoms with Crippen molar-refractivity contribution < 1.29 is 0 Å². The fourth-order valence-corrected chi connectivity index (χ4v) is 4.84. The molecule has 1 aliphatic heterocycles. The Balaban J connectivity index is 1.56. The van der Waals surface area contributed by atoms with Crippen molar-refractivity contribution in [3.63, 3.8) is 0 Å². The Morgan fingerprint density at radius 2 is 1.80 bits per heavy atom. The van der Waals surface area contributed by atoms with E-state index in [-0.39, 0.29) is 0 Å². The minimum atomic E-state index is 0.697. The molecular weight excluding hydrogens is 452 g/mol. The summed E-state index contributed by atoms with van der Waals surface area (Å²) in [6, 6.07) is 14.4. The average molecular weight is 487 g/mol. The average Bonchev–Trinajstić information content (AvgIpc) is 2.88. The number of nitrogens with zero attached hydrogens (tertiary/aromatic N) is 4. The monoisotopic (exact) mass is 486 g/mol. The molecule has 3 aromatic rings. The maximum Gasteiger partial charge on any atom is 0.0731 e. The van der Waals surface area contributed by atoms with Gasteiger partial charge in [0.1, 0.15) is 0 Å². The van der Waals surface area contributed by atoms with E-state index in [9.17, 15) is 0 Å². The van der Waals surface area contributed by atoms with Crippen molar-refractivity contribution in [3.8, 4) is 11.3 Å². The number of piperazine rings is 1. The second kappa shape index (κ2) is 11.1. The molecule has 35 heavy (non-hydrogen) atoms. The highest BCUT2D eigenvalue weighted by molar-refractivity contribution is 6.35. The maximum absolute atomic E-state index is 6.69. The van der Waals surface area contributed by atoms with Gasteiger partial charge in [-0.1, -0.05) is 62.4 Å². The quantitative estimate of drug-likeness (QED) is 0.303. The summed E-state index contributed by atoms with van der Waals surface area (Å²) in [5.74, 6) is 0. The molecule has 2 aromatic carbocycles. The highest BCUT2D eigenvalue weighted by Gasteiger charge is 2.20. The van der Waals surface area contributed by atoms with Gasteiger partial charge in [-0.2, -0.15) is 0 Å². The number of rotatable bonds is 8. The van der Waals surface area contributed by atoms with Crippen LogP contribution < -0.4 is 0 Å². The molecule has 0 bridgehead atoms. The molecule has 0 atom stereocenters. The van der Waals surface area contributed by atoms with Gasteiger partial charge in [0.15, 0.2) is 0 Å². The summed E-state index contributed by atoms with van der Waals surface area (Å²) in [6.45, 7) is 18.8. The number of aliphatic imine (C=N–C) groups is 1. The number of unbranched alkanes of at least 4 members (excludes halogenated alkanes) is 1. The smallest absolute Gasteiger partial charge is 0.0731 e. The first-order valence-corrected chi connectivity index (χ1v) is 12.9. The number of pyridine rings is 1. The Bertz CT molecular complexity index is 1270. The molecule has 1 fully saturated rings. The van der Waals surface area contributed by atoms with Crippen molar-refractivity contribution in [3.05, 3.63) is 77.5 Å². The van der Waals surface area contributed by atoms with Gasteiger partial charge in [-0.25, -0.2) is 4.98 Å². The number of aryl methyl sites for hydroxylation is 1. The van der Waals surface area contributed by atoms with E-state index in [0.29, 0.717) is 5.02 Å². The van der Waals surface area contributed by atoms with Crippen LogP contribution >= 0.6 is 11.6 Å². The molecule has 0 saturated carbocycles. The highest BCUT2D eigenvalue weighted by atomic mass is 35.5. The van der Waals surface area contributed by atoms with Gasteiger partial charge in [0.25, 0.3) is 0 Å². The van der Waals surface area contributed by atoms with E-state index in [1.807, 2.05) is 19.2 Å². The van der Waals surface area contributed by atoms with Crippen molar-refractivity contribution in [2.24, 2.45) is 4.99 Å². The molecule has 0 spiro atoms. The van der Waals surface area contributed by atoms with Crippen LogP contribution in [0.1, 0.15) is 44.2 Å². The lowest BCUT2D eigenvalue weighted by Crippen LogP contribution is -2.44. The molecule has 1 aliphatic rings. The molecule has 1 aromatic heterocycles. The van der Waals surface area contributed by atoms with Crippen LogP contribution in [-0.4, -0.2) is 47.2 Å². The summed E-state index contributed by atoms with van der Waals surface area (Å²) in [7, 11) is 0. The van der Waals surface area contributed by atoms with E-state index >= 15 is 0 Å². The van der Waals surface area contributed by atoms with Crippen molar-refractivity contribution >= 4 is 40.1 Å². The maximum atomic E-state index is 6.69.